The zero-order valence-electron chi connectivity index (χ0n) is 12.7. The van der Waals surface area contributed by atoms with Crippen LogP contribution in [0.15, 0.2) is 66.7 Å². The van der Waals surface area contributed by atoms with Gasteiger partial charge in [-0.05, 0) is 50.7 Å². The minimum absolute atomic E-state index is 0.260. The number of carboxylic acid groups (broad SMARTS) is 1. The molecule has 0 spiro atoms. The number of carbonyl (C=O) groups is 1. The molecule has 0 fully saturated rings. The summed E-state index contributed by atoms with van der Waals surface area (Å²) in [6.07, 6.45) is 1.17. The average Bonchev–Trinajstić information content (AvgIpc) is 2.58. The molecule has 1 N–H and O–H groups in total. The zero-order chi connectivity index (χ0) is 16.0. The largest absolute Gasteiger partial charge is 0.478 e. The Morgan fingerprint density at radius 2 is 1.48 bits per heavy atom. The van der Waals surface area contributed by atoms with Crippen LogP contribution in [-0.4, -0.2) is 11.1 Å². The summed E-state index contributed by atoms with van der Waals surface area (Å²) >= 11 is 0. The van der Waals surface area contributed by atoms with Crippen molar-refractivity contribution in [2.24, 2.45) is 0 Å². The highest BCUT2D eigenvalue weighted by Gasteiger charge is 2.11. The van der Waals surface area contributed by atoms with Crippen molar-refractivity contribution in [1.29, 1.82) is 0 Å². The van der Waals surface area contributed by atoms with E-state index in [1.54, 1.807) is 0 Å². The van der Waals surface area contributed by atoms with Gasteiger partial charge in [-0.25, -0.2) is 4.79 Å². The number of carboxylic acids is 1. The highest BCUT2D eigenvalue weighted by molar-refractivity contribution is 6.23. The summed E-state index contributed by atoms with van der Waals surface area (Å²) in [4.78, 5) is 11.0. The summed E-state index contributed by atoms with van der Waals surface area (Å²) in [6, 6.07) is 19.2. The Kier molecular flexibility index (Phi) is 3.05. The van der Waals surface area contributed by atoms with Crippen LogP contribution in [0.3, 0.4) is 0 Å². The Labute approximate surface area is 134 Å². The van der Waals surface area contributed by atoms with E-state index in [4.69, 9.17) is 5.11 Å². The van der Waals surface area contributed by atoms with Gasteiger partial charge >= 0.3 is 5.97 Å². The molecule has 0 unspecified atom stereocenters. The first-order valence-corrected chi connectivity index (χ1v) is 7.71. The maximum Gasteiger partial charge on any atom is 0.330 e. The second kappa shape index (κ2) is 5.10. The molecule has 0 radical (unpaired) electrons. The Morgan fingerprint density at radius 3 is 2.17 bits per heavy atom. The van der Waals surface area contributed by atoms with E-state index >= 15 is 0 Å². The maximum atomic E-state index is 11.0. The molecule has 0 bridgehead atoms. The van der Waals surface area contributed by atoms with E-state index in [-0.39, 0.29) is 5.57 Å². The number of rotatable bonds is 4. The molecule has 23 heavy (non-hydrogen) atoms. The highest BCUT2D eigenvalue weighted by atomic mass is 16.4. The van der Waals surface area contributed by atoms with Crippen LogP contribution in [0.5, 0.6) is 0 Å². The van der Waals surface area contributed by atoms with E-state index in [1.807, 2.05) is 0 Å². The molecule has 0 saturated carbocycles. The lowest BCUT2D eigenvalue weighted by Crippen LogP contribution is -2.00. The van der Waals surface area contributed by atoms with E-state index < -0.39 is 5.97 Å². The fourth-order valence-electron chi connectivity index (χ4n) is 3.41. The van der Waals surface area contributed by atoms with Crippen LogP contribution >= 0.6 is 0 Å². The van der Waals surface area contributed by atoms with E-state index in [0.29, 0.717) is 12.8 Å². The lowest BCUT2D eigenvalue weighted by atomic mass is 9.90. The SMILES string of the molecule is C=C(CCc1ccc2ccc3cccc4ccc1c2c34)C(=O)O. The monoisotopic (exact) mass is 300 g/mol. The first-order valence-electron chi connectivity index (χ1n) is 7.71. The molecule has 0 aliphatic rings. The van der Waals surface area contributed by atoms with Crippen molar-refractivity contribution in [3.63, 3.8) is 0 Å². The fraction of sp³-hybridized carbons (Fsp3) is 0.0952. The van der Waals surface area contributed by atoms with Crippen molar-refractivity contribution in [2.75, 3.05) is 0 Å². The van der Waals surface area contributed by atoms with Gasteiger partial charge in [0.15, 0.2) is 0 Å². The third-order valence-corrected chi connectivity index (χ3v) is 4.62. The third kappa shape index (κ3) is 2.15. The summed E-state index contributed by atoms with van der Waals surface area (Å²) in [5.41, 5.74) is 1.44. The molecule has 0 heterocycles. The zero-order valence-corrected chi connectivity index (χ0v) is 12.7. The molecule has 0 amide bonds. The standard InChI is InChI=1S/C21H16O2/c1-13(21(22)23)5-6-14-7-8-17-10-9-15-3-2-4-16-11-12-18(14)20(17)19(15)16/h2-4,7-12H,1,5-6H2,(H,22,23). The quantitative estimate of drug-likeness (QED) is 0.417. The number of aliphatic carboxylic acids is 1. The summed E-state index contributed by atoms with van der Waals surface area (Å²) in [6.45, 7) is 3.63. The smallest absolute Gasteiger partial charge is 0.330 e. The van der Waals surface area contributed by atoms with Gasteiger partial charge in [0.25, 0.3) is 0 Å². The van der Waals surface area contributed by atoms with Gasteiger partial charge in [-0.15, -0.1) is 0 Å². The van der Waals surface area contributed by atoms with Crippen molar-refractivity contribution in [3.8, 4) is 0 Å². The molecular formula is C21H16O2. The van der Waals surface area contributed by atoms with Crippen LogP contribution in [0.4, 0.5) is 0 Å². The average molecular weight is 300 g/mol. The molecule has 2 heteroatoms. The molecule has 0 aliphatic carbocycles. The van der Waals surface area contributed by atoms with Gasteiger partial charge in [-0.1, -0.05) is 61.2 Å². The highest BCUT2D eigenvalue weighted by Crippen LogP contribution is 2.36. The molecular weight excluding hydrogens is 284 g/mol. The minimum atomic E-state index is -0.914. The topological polar surface area (TPSA) is 37.3 Å². The van der Waals surface area contributed by atoms with E-state index in [9.17, 15) is 4.79 Å². The predicted molar refractivity (Wildman–Crippen MR) is 95.2 cm³/mol. The lowest BCUT2D eigenvalue weighted by Gasteiger charge is -2.13. The molecule has 4 rings (SSSR count). The molecule has 0 atom stereocenters. The van der Waals surface area contributed by atoms with Gasteiger partial charge in [-0.3, -0.25) is 0 Å². The van der Waals surface area contributed by atoms with Crippen molar-refractivity contribution in [1.82, 2.24) is 0 Å². The first kappa shape index (κ1) is 13.8. The molecule has 112 valence electrons. The van der Waals surface area contributed by atoms with Crippen LogP contribution in [-0.2, 0) is 11.2 Å². The van der Waals surface area contributed by atoms with Crippen LogP contribution in [0.25, 0.3) is 32.3 Å². The van der Waals surface area contributed by atoms with E-state index in [1.165, 1.54) is 37.9 Å². The summed E-state index contributed by atoms with van der Waals surface area (Å²) in [7, 11) is 0. The van der Waals surface area contributed by atoms with E-state index in [0.717, 1.165) is 0 Å². The van der Waals surface area contributed by atoms with Crippen molar-refractivity contribution in [2.45, 2.75) is 12.8 Å². The molecule has 0 saturated heterocycles. The first-order chi connectivity index (χ1) is 11.1. The molecule has 4 aromatic rings. The minimum Gasteiger partial charge on any atom is -0.478 e. The van der Waals surface area contributed by atoms with Gasteiger partial charge in [-0.2, -0.15) is 0 Å². The number of aryl methyl sites for hydroxylation is 1. The summed E-state index contributed by atoms with van der Waals surface area (Å²) in [5, 5.41) is 16.5. The predicted octanol–water partition coefficient (Wildman–Crippen LogP) is 5.16. The number of hydrogen-bond acceptors (Lipinski definition) is 1. The Hall–Kier alpha value is -2.87. The molecule has 4 aromatic carbocycles. The van der Waals surface area contributed by atoms with Gasteiger partial charge in [0, 0.05) is 5.57 Å². The number of benzene rings is 4. The van der Waals surface area contributed by atoms with Crippen molar-refractivity contribution < 1.29 is 9.90 Å². The van der Waals surface area contributed by atoms with Crippen LogP contribution in [0.2, 0.25) is 0 Å². The fourth-order valence-corrected chi connectivity index (χ4v) is 3.41. The van der Waals surface area contributed by atoms with Crippen molar-refractivity contribution in [3.05, 3.63) is 72.3 Å². The summed E-state index contributed by atoms with van der Waals surface area (Å²) in [5.74, 6) is -0.914. The van der Waals surface area contributed by atoms with Gasteiger partial charge < -0.3 is 5.11 Å². The Balaban J connectivity index is 1.93. The second-order valence-electron chi connectivity index (χ2n) is 5.99. The normalized spacial score (nSPS) is 11.5. The molecule has 0 aliphatic heterocycles. The van der Waals surface area contributed by atoms with Crippen LogP contribution in [0.1, 0.15) is 12.0 Å². The second-order valence-corrected chi connectivity index (χ2v) is 5.99. The van der Waals surface area contributed by atoms with Gasteiger partial charge in [0.2, 0.25) is 0 Å². The Morgan fingerprint density at radius 1 is 0.870 bits per heavy atom. The third-order valence-electron chi connectivity index (χ3n) is 4.62. The Bertz CT molecular complexity index is 1040. The maximum absolute atomic E-state index is 11.0. The van der Waals surface area contributed by atoms with Gasteiger partial charge in [0.05, 0.1) is 0 Å². The lowest BCUT2D eigenvalue weighted by molar-refractivity contribution is -0.132. The summed E-state index contributed by atoms with van der Waals surface area (Å²) < 4.78 is 0. The van der Waals surface area contributed by atoms with Crippen LogP contribution < -0.4 is 0 Å². The van der Waals surface area contributed by atoms with Gasteiger partial charge in [0.1, 0.15) is 0 Å². The van der Waals surface area contributed by atoms with Crippen LogP contribution in [0, 0.1) is 0 Å². The van der Waals surface area contributed by atoms with E-state index in [2.05, 4.69) is 61.2 Å². The number of hydrogen-bond donors (Lipinski definition) is 1. The van der Waals surface area contributed by atoms with Crippen molar-refractivity contribution >= 4 is 38.3 Å². The molecule has 0 aromatic heterocycles. The molecule has 2 nitrogen and oxygen atoms in total.